The van der Waals surface area contributed by atoms with Crippen molar-refractivity contribution in [3.63, 3.8) is 0 Å². The first kappa shape index (κ1) is 19.5. The van der Waals surface area contributed by atoms with Gasteiger partial charge in [0, 0.05) is 37.1 Å². The van der Waals surface area contributed by atoms with E-state index >= 15 is 0 Å². The maximum atomic E-state index is 5.42. The molecule has 0 spiro atoms. The van der Waals surface area contributed by atoms with E-state index in [1.807, 2.05) is 12.1 Å². The van der Waals surface area contributed by atoms with Gasteiger partial charge in [-0.2, -0.15) is 0 Å². The summed E-state index contributed by atoms with van der Waals surface area (Å²) in [6, 6.07) is 16.7. The Morgan fingerprint density at radius 3 is 2.48 bits per heavy atom. The number of nitrogens with one attached hydrogen (secondary N) is 1. The quantitative estimate of drug-likeness (QED) is 0.641. The number of ether oxygens (including phenoxy) is 2. The van der Waals surface area contributed by atoms with Gasteiger partial charge >= 0.3 is 0 Å². The Balaban J connectivity index is 1.53. The Morgan fingerprint density at radius 2 is 1.69 bits per heavy atom. The molecule has 5 heteroatoms. The largest absolute Gasteiger partial charge is 0.493 e. The van der Waals surface area contributed by atoms with Crippen LogP contribution in [-0.4, -0.2) is 32.3 Å². The van der Waals surface area contributed by atoms with E-state index < -0.39 is 0 Å². The number of rotatable bonds is 7. The summed E-state index contributed by atoms with van der Waals surface area (Å²) in [6.45, 7) is 3.71. The zero-order valence-electron chi connectivity index (χ0n) is 17.3. The van der Waals surface area contributed by atoms with Gasteiger partial charge in [0.1, 0.15) is 5.82 Å². The van der Waals surface area contributed by atoms with Crippen LogP contribution < -0.4 is 19.7 Å². The number of piperidine rings is 1. The first-order valence-electron chi connectivity index (χ1n) is 10.3. The Bertz CT molecular complexity index is 967. The third-order valence-electron chi connectivity index (χ3n) is 5.53. The first-order chi connectivity index (χ1) is 14.3. The van der Waals surface area contributed by atoms with Crippen LogP contribution in [0.2, 0.25) is 0 Å². The number of pyridine rings is 1. The number of benzene rings is 2. The first-order valence-corrected chi connectivity index (χ1v) is 10.3. The van der Waals surface area contributed by atoms with Crippen LogP contribution in [0.15, 0.2) is 48.5 Å². The lowest BCUT2D eigenvalue weighted by Gasteiger charge is -2.30. The normalized spacial score (nSPS) is 14.2. The SMILES string of the molecule is COc1ccc(CNCc2cc3ccccc3nc2N2CCCCC2)cc1OC. The van der Waals surface area contributed by atoms with Gasteiger partial charge in [-0.1, -0.05) is 24.3 Å². The summed E-state index contributed by atoms with van der Waals surface area (Å²) in [5.41, 5.74) is 3.48. The minimum atomic E-state index is 0.752. The molecule has 1 aliphatic rings. The Hall–Kier alpha value is -2.79. The van der Waals surface area contributed by atoms with Gasteiger partial charge in [0.2, 0.25) is 0 Å². The van der Waals surface area contributed by atoms with E-state index in [0.717, 1.165) is 54.6 Å². The molecule has 2 heterocycles. The molecule has 1 fully saturated rings. The van der Waals surface area contributed by atoms with Gasteiger partial charge in [-0.05, 0) is 49.1 Å². The highest BCUT2D eigenvalue weighted by atomic mass is 16.5. The Kier molecular flexibility index (Phi) is 6.15. The van der Waals surface area contributed by atoms with Crippen LogP contribution in [0.25, 0.3) is 10.9 Å². The standard InChI is InChI=1S/C24H29N3O2/c1-28-22-11-10-18(14-23(22)29-2)16-25-17-20-15-19-8-4-5-9-21(19)26-24(20)27-12-6-3-7-13-27/h4-5,8-11,14-15,25H,3,6-7,12-13,16-17H2,1-2H3. The fourth-order valence-corrected chi connectivity index (χ4v) is 3.99. The van der Waals surface area contributed by atoms with E-state index in [9.17, 15) is 0 Å². The van der Waals surface area contributed by atoms with Crippen molar-refractivity contribution in [2.75, 3.05) is 32.2 Å². The average Bonchev–Trinajstić information content (AvgIpc) is 2.79. The van der Waals surface area contributed by atoms with Crippen molar-refractivity contribution in [3.8, 4) is 11.5 Å². The Morgan fingerprint density at radius 1 is 0.897 bits per heavy atom. The van der Waals surface area contributed by atoms with Crippen LogP contribution >= 0.6 is 0 Å². The van der Waals surface area contributed by atoms with E-state index in [1.54, 1.807) is 14.2 Å². The molecule has 0 aliphatic carbocycles. The number of methoxy groups -OCH3 is 2. The Labute approximate surface area is 172 Å². The molecule has 29 heavy (non-hydrogen) atoms. The lowest BCUT2D eigenvalue weighted by Crippen LogP contribution is -2.31. The van der Waals surface area contributed by atoms with Crippen molar-refractivity contribution >= 4 is 16.7 Å². The van der Waals surface area contributed by atoms with Crippen LogP contribution in [0.5, 0.6) is 11.5 Å². The summed E-state index contributed by atoms with van der Waals surface area (Å²) >= 11 is 0. The molecule has 1 aliphatic heterocycles. The number of nitrogens with zero attached hydrogens (tertiary/aromatic N) is 2. The van der Waals surface area contributed by atoms with E-state index in [-0.39, 0.29) is 0 Å². The molecule has 0 amide bonds. The van der Waals surface area contributed by atoms with Gasteiger partial charge in [-0.25, -0.2) is 4.98 Å². The summed E-state index contributed by atoms with van der Waals surface area (Å²) in [5.74, 6) is 2.64. The van der Waals surface area contributed by atoms with Gasteiger partial charge in [-0.15, -0.1) is 0 Å². The molecule has 2 aromatic carbocycles. The zero-order chi connectivity index (χ0) is 20.1. The molecule has 5 nitrogen and oxygen atoms in total. The lowest BCUT2D eigenvalue weighted by atomic mass is 10.1. The predicted octanol–water partition coefficient (Wildman–Crippen LogP) is 4.53. The molecule has 1 aromatic heterocycles. The second kappa shape index (κ2) is 9.14. The minimum absolute atomic E-state index is 0.752. The van der Waals surface area contributed by atoms with Crippen LogP contribution in [0, 0.1) is 0 Å². The molecule has 0 radical (unpaired) electrons. The zero-order valence-corrected chi connectivity index (χ0v) is 17.3. The number of fused-ring (bicyclic) bond motifs is 1. The smallest absolute Gasteiger partial charge is 0.161 e. The van der Waals surface area contributed by atoms with Crippen molar-refractivity contribution in [2.45, 2.75) is 32.4 Å². The van der Waals surface area contributed by atoms with E-state index in [2.05, 4.69) is 46.6 Å². The molecule has 3 aromatic rings. The molecule has 0 bridgehead atoms. The molecule has 152 valence electrons. The number of hydrogen-bond donors (Lipinski definition) is 1. The van der Waals surface area contributed by atoms with Gasteiger partial charge < -0.3 is 19.7 Å². The molecular weight excluding hydrogens is 362 g/mol. The predicted molar refractivity (Wildman–Crippen MR) is 118 cm³/mol. The third-order valence-corrected chi connectivity index (χ3v) is 5.53. The lowest BCUT2D eigenvalue weighted by molar-refractivity contribution is 0.354. The molecular formula is C24H29N3O2. The van der Waals surface area contributed by atoms with Crippen molar-refractivity contribution in [3.05, 3.63) is 59.7 Å². The van der Waals surface area contributed by atoms with Crippen molar-refractivity contribution in [2.24, 2.45) is 0 Å². The maximum absolute atomic E-state index is 5.42. The highest BCUT2D eigenvalue weighted by Crippen LogP contribution is 2.28. The van der Waals surface area contributed by atoms with Crippen LogP contribution in [0.3, 0.4) is 0 Å². The fraction of sp³-hybridized carbons (Fsp3) is 0.375. The summed E-state index contributed by atoms with van der Waals surface area (Å²) in [4.78, 5) is 7.47. The second-order valence-electron chi connectivity index (χ2n) is 7.50. The summed E-state index contributed by atoms with van der Waals surface area (Å²) in [6.07, 6.45) is 3.80. The van der Waals surface area contributed by atoms with E-state index in [0.29, 0.717) is 0 Å². The third kappa shape index (κ3) is 4.46. The second-order valence-corrected chi connectivity index (χ2v) is 7.50. The minimum Gasteiger partial charge on any atom is -0.493 e. The number of anilines is 1. The van der Waals surface area contributed by atoms with Gasteiger partial charge in [0.25, 0.3) is 0 Å². The number of para-hydroxylation sites is 1. The molecule has 1 N–H and O–H groups in total. The van der Waals surface area contributed by atoms with Gasteiger partial charge in [0.05, 0.1) is 19.7 Å². The van der Waals surface area contributed by atoms with Gasteiger partial charge in [0.15, 0.2) is 11.5 Å². The molecule has 4 rings (SSSR count). The average molecular weight is 392 g/mol. The number of hydrogen-bond acceptors (Lipinski definition) is 5. The summed E-state index contributed by atoms with van der Waals surface area (Å²) < 4.78 is 10.7. The van der Waals surface area contributed by atoms with Crippen LogP contribution in [-0.2, 0) is 13.1 Å². The highest BCUT2D eigenvalue weighted by molar-refractivity contribution is 5.81. The van der Waals surface area contributed by atoms with Crippen molar-refractivity contribution < 1.29 is 9.47 Å². The topological polar surface area (TPSA) is 46.6 Å². The summed E-state index contributed by atoms with van der Waals surface area (Å²) in [5, 5.41) is 4.78. The van der Waals surface area contributed by atoms with Crippen LogP contribution in [0.1, 0.15) is 30.4 Å². The van der Waals surface area contributed by atoms with Crippen molar-refractivity contribution in [1.82, 2.24) is 10.3 Å². The molecule has 0 atom stereocenters. The highest BCUT2D eigenvalue weighted by Gasteiger charge is 2.17. The van der Waals surface area contributed by atoms with E-state index in [1.165, 1.54) is 30.2 Å². The maximum Gasteiger partial charge on any atom is 0.161 e. The molecule has 0 saturated carbocycles. The van der Waals surface area contributed by atoms with Crippen LogP contribution in [0.4, 0.5) is 5.82 Å². The van der Waals surface area contributed by atoms with Crippen molar-refractivity contribution in [1.29, 1.82) is 0 Å². The fourth-order valence-electron chi connectivity index (χ4n) is 3.99. The summed E-state index contributed by atoms with van der Waals surface area (Å²) in [7, 11) is 3.32. The van der Waals surface area contributed by atoms with Gasteiger partial charge in [-0.3, -0.25) is 0 Å². The van der Waals surface area contributed by atoms with E-state index in [4.69, 9.17) is 14.5 Å². The number of aromatic nitrogens is 1. The molecule has 1 saturated heterocycles. The molecule has 0 unspecified atom stereocenters. The monoisotopic (exact) mass is 391 g/mol.